The summed E-state index contributed by atoms with van der Waals surface area (Å²) in [5, 5.41) is 0.647. The average molecular weight is 321 g/mol. The molecule has 1 aliphatic heterocycles. The number of hydrogen-bond acceptors (Lipinski definition) is 3. The minimum absolute atomic E-state index is 0.0224. The summed E-state index contributed by atoms with van der Waals surface area (Å²) in [5.74, 6) is 5.01. The summed E-state index contributed by atoms with van der Waals surface area (Å²) in [5.41, 5.74) is 6.03. The minimum Gasteiger partial charge on any atom is -0.452 e. The number of carbonyl (C=O) groups is 2. The van der Waals surface area contributed by atoms with E-state index in [4.69, 9.17) is 22.1 Å². The maximum atomic E-state index is 11.9. The van der Waals surface area contributed by atoms with E-state index in [9.17, 15) is 9.59 Å². The van der Waals surface area contributed by atoms with E-state index < -0.39 is 6.03 Å². The summed E-state index contributed by atoms with van der Waals surface area (Å²) in [7, 11) is 0. The van der Waals surface area contributed by atoms with E-state index in [-0.39, 0.29) is 18.5 Å². The number of nitrogens with zero attached hydrogens (tertiary/aromatic N) is 1. The molecular formula is C16H17ClN2O3. The quantitative estimate of drug-likeness (QED) is 0.669. The molecule has 0 aromatic heterocycles. The minimum atomic E-state index is -0.500. The fraction of sp³-hybridized carbons (Fsp3) is 0.375. The Kier molecular flexibility index (Phi) is 5.68. The molecule has 1 heterocycles. The van der Waals surface area contributed by atoms with Crippen LogP contribution in [0, 0.1) is 17.8 Å². The highest BCUT2D eigenvalue weighted by Crippen LogP contribution is 2.17. The van der Waals surface area contributed by atoms with E-state index >= 15 is 0 Å². The Morgan fingerprint density at radius 3 is 2.77 bits per heavy atom. The number of esters is 1. The maximum Gasteiger partial charge on any atom is 0.314 e. The molecule has 2 amide bonds. The highest BCUT2D eigenvalue weighted by atomic mass is 35.5. The zero-order chi connectivity index (χ0) is 15.9. The number of ether oxygens (including phenoxy) is 1. The van der Waals surface area contributed by atoms with Crippen molar-refractivity contribution in [2.75, 3.05) is 19.7 Å². The third kappa shape index (κ3) is 4.68. The predicted octanol–water partition coefficient (Wildman–Crippen LogP) is 2.03. The Hall–Kier alpha value is -2.19. The van der Waals surface area contributed by atoms with E-state index in [0.717, 1.165) is 12.0 Å². The number of benzene rings is 1. The Balaban J connectivity index is 1.80. The fourth-order valence-electron chi connectivity index (χ4n) is 2.27. The lowest BCUT2D eigenvalue weighted by atomic mass is 9.98. The van der Waals surface area contributed by atoms with Crippen molar-refractivity contribution in [3.63, 3.8) is 0 Å². The monoisotopic (exact) mass is 320 g/mol. The number of hydrogen-bond donors (Lipinski definition) is 1. The molecule has 0 unspecified atom stereocenters. The highest BCUT2D eigenvalue weighted by Gasteiger charge is 2.28. The first-order valence-corrected chi connectivity index (χ1v) is 7.39. The Morgan fingerprint density at radius 2 is 2.09 bits per heavy atom. The van der Waals surface area contributed by atoms with E-state index in [0.29, 0.717) is 24.5 Å². The van der Waals surface area contributed by atoms with Crippen LogP contribution in [-0.2, 0) is 9.53 Å². The number of likely N-dealkylation sites (tertiary alicyclic amines) is 1. The van der Waals surface area contributed by atoms with Gasteiger partial charge in [-0.25, -0.2) is 4.79 Å². The molecule has 0 saturated carbocycles. The van der Waals surface area contributed by atoms with Crippen molar-refractivity contribution in [1.82, 2.24) is 4.90 Å². The molecule has 1 aliphatic rings. The van der Waals surface area contributed by atoms with Gasteiger partial charge in [-0.05, 0) is 37.1 Å². The number of rotatable bonds is 2. The molecular weight excluding hydrogens is 304 g/mol. The van der Waals surface area contributed by atoms with Gasteiger partial charge >= 0.3 is 12.0 Å². The van der Waals surface area contributed by atoms with Gasteiger partial charge in [-0.15, -0.1) is 0 Å². The zero-order valence-corrected chi connectivity index (χ0v) is 12.8. The lowest BCUT2D eigenvalue weighted by molar-refractivity contribution is -0.148. The van der Waals surface area contributed by atoms with Crippen LogP contribution in [0.3, 0.4) is 0 Å². The van der Waals surface area contributed by atoms with Crippen molar-refractivity contribution < 1.29 is 14.3 Å². The normalized spacial score (nSPS) is 17.3. The van der Waals surface area contributed by atoms with Gasteiger partial charge in [-0.1, -0.05) is 23.4 Å². The number of halogens is 1. The molecule has 1 atom stereocenters. The summed E-state index contributed by atoms with van der Waals surface area (Å²) in [4.78, 5) is 24.5. The van der Waals surface area contributed by atoms with Gasteiger partial charge < -0.3 is 15.4 Å². The second kappa shape index (κ2) is 7.71. The lowest BCUT2D eigenvalue weighted by Gasteiger charge is -2.29. The summed E-state index contributed by atoms with van der Waals surface area (Å²) in [6.45, 7) is 0.933. The molecule has 5 nitrogen and oxygen atoms in total. The molecule has 22 heavy (non-hydrogen) atoms. The SMILES string of the molecule is NC(=O)N1CCC[C@H](C(=O)OCC#Cc2ccc(Cl)cc2)C1. The Bertz CT molecular complexity index is 604. The van der Waals surface area contributed by atoms with E-state index in [2.05, 4.69) is 11.8 Å². The number of amides is 2. The topological polar surface area (TPSA) is 72.6 Å². The van der Waals surface area contributed by atoms with Gasteiger partial charge in [0.05, 0.1) is 5.92 Å². The van der Waals surface area contributed by atoms with Crippen LogP contribution in [0.1, 0.15) is 18.4 Å². The molecule has 2 rings (SSSR count). The van der Waals surface area contributed by atoms with E-state index in [1.165, 1.54) is 4.90 Å². The van der Waals surface area contributed by atoms with Crippen molar-refractivity contribution in [1.29, 1.82) is 0 Å². The largest absolute Gasteiger partial charge is 0.452 e. The molecule has 0 bridgehead atoms. The number of urea groups is 1. The van der Waals surface area contributed by atoms with Crippen LogP contribution < -0.4 is 5.73 Å². The van der Waals surface area contributed by atoms with Gasteiger partial charge in [0.2, 0.25) is 0 Å². The lowest BCUT2D eigenvalue weighted by Crippen LogP contribution is -2.45. The first kappa shape index (κ1) is 16.2. The summed E-state index contributed by atoms with van der Waals surface area (Å²) in [6, 6.07) is 6.59. The number of primary amides is 1. The maximum absolute atomic E-state index is 11.9. The van der Waals surface area contributed by atoms with Crippen LogP contribution in [-0.4, -0.2) is 36.6 Å². The molecule has 6 heteroatoms. The number of piperidine rings is 1. The molecule has 116 valence electrons. The van der Waals surface area contributed by atoms with Crippen LogP contribution in [0.5, 0.6) is 0 Å². The number of carbonyl (C=O) groups excluding carboxylic acids is 2. The molecule has 1 aromatic carbocycles. The van der Waals surface area contributed by atoms with Crippen LogP contribution in [0.4, 0.5) is 4.79 Å². The zero-order valence-electron chi connectivity index (χ0n) is 12.0. The predicted molar refractivity (Wildman–Crippen MR) is 83.2 cm³/mol. The van der Waals surface area contributed by atoms with Gasteiger partial charge in [0.1, 0.15) is 0 Å². The summed E-state index contributed by atoms with van der Waals surface area (Å²) < 4.78 is 5.14. The molecule has 0 spiro atoms. The third-order valence-corrected chi connectivity index (χ3v) is 3.68. The van der Waals surface area contributed by atoms with Gasteiger partial charge in [0, 0.05) is 23.7 Å². The van der Waals surface area contributed by atoms with Crippen LogP contribution in [0.2, 0.25) is 5.02 Å². The molecule has 1 fully saturated rings. The van der Waals surface area contributed by atoms with E-state index in [1.54, 1.807) is 24.3 Å². The summed E-state index contributed by atoms with van der Waals surface area (Å²) >= 11 is 5.78. The molecule has 1 saturated heterocycles. The fourth-order valence-corrected chi connectivity index (χ4v) is 2.39. The van der Waals surface area contributed by atoms with Crippen LogP contribution in [0.15, 0.2) is 24.3 Å². The Morgan fingerprint density at radius 1 is 1.36 bits per heavy atom. The van der Waals surface area contributed by atoms with Crippen molar-refractivity contribution >= 4 is 23.6 Å². The molecule has 1 aromatic rings. The van der Waals surface area contributed by atoms with E-state index in [1.807, 2.05) is 0 Å². The van der Waals surface area contributed by atoms with Gasteiger partial charge in [-0.3, -0.25) is 4.79 Å². The second-order valence-corrected chi connectivity index (χ2v) is 5.48. The van der Waals surface area contributed by atoms with Gasteiger partial charge in [0.25, 0.3) is 0 Å². The van der Waals surface area contributed by atoms with Crippen molar-refractivity contribution in [3.8, 4) is 11.8 Å². The summed E-state index contributed by atoms with van der Waals surface area (Å²) in [6.07, 6.45) is 1.45. The van der Waals surface area contributed by atoms with Crippen molar-refractivity contribution in [2.24, 2.45) is 11.7 Å². The number of nitrogens with two attached hydrogens (primary N) is 1. The van der Waals surface area contributed by atoms with Crippen molar-refractivity contribution in [3.05, 3.63) is 34.9 Å². The molecule has 0 radical (unpaired) electrons. The standard InChI is InChI=1S/C16H17ClN2O3/c17-14-7-5-12(6-8-14)3-2-10-22-15(20)13-4-1-9-19(11-13)16(18)21/h5-8,13H,1,4,9-11H2,(H2,18,21)/t13-/m0/s1. The molecule has 2 N–H and O–H groups in total. The highest BCUT2D eigenvalue weighted by molar-refractivity contribution is 6.30. The Labute approximate surface area is 134 Å². The van der Waals surface area contributed by atoms with Crippen LogP contribution >= 0.6 is 11.6 Å². The second-order valence-electron chi connectivity index (χ2n) is 5.04. The average Bonchev–Trinajstić information content (AvgIpc) is 2.53. The van der Waals surface area contributed by atoms with Gasteiger partial charge in [0.15, 0.2) is 6.61 Å². The van der Waals surface area contributed by atoms with Gasteiger partial charge in [-0.2, -0.15) is 0 Å². The molecule has 0 aliphatic carbocycles. The van der Waals surface area contributed by atoms with Crippen LogP contribution in [0.25, 0.3) is 0 Å². The first-order valence-electron chi connectivity index (χ1n) is 7.01. The van der Waals surface area contributed by atoms with Crippen molar-refractivity contribution in [2.45, 2.75) is 12.8 Å². The first-order chi connectivity index (χ1) is 10.6. The smallest absolute Gasteiger partial charge is 0.314 e. The third-order valence-electron chi connectivity index (χ3n) is 3.43.